The minimum absolute atomic E-state index is 0.227. The van der Waals surface area contributed by atoms with Crippen LogP contribution in [0.4, 0.5) is 0 Å². The highest BCUT2D eigenvalue weighted by atomic mass is 79.9. The van der Waals surface area contributed by atoms with Gasteiger partial charge in [0.2, 0.25) is 5.90 Å². The number of hydrogen-bond acceptors (Lipinski definition) is 5. The van der Waals surface area contributed by atoms with Gasteiger partial charge >= 0.3 is 5.97 Å². The topological polar surface area (TPSA) is 57.1 Å². The van der Waals surface area contributed by atoms with Crippen LogP contribution in [0.25, 0.3) is 6.08 Å². The van der Waals surface area contributed by atoms with Gasteiger partial charge < -0.3 is 14.2 Å². The third-order valence-corrected chi connectivity index (χ3v) is 5.19. The Bertz CT molecular complexity index is 1180. The fourth-order valence-corrected chi connectivity index (χ4v) is 3.45. The number of rotatable bonds is 6. The lowest BCUT2D eigenvalue weighted by atomic mass is 10.1. The highest BCUT2D eigenvalue weighted by Gasteiger charge is 2.24. The van der Waals surface area contributed by atoms with Crippen molar-refractivity contribution in [2.24, 2.45) is 4.99 Å². The monoisotopic (exact) mass is 477 g/mol. The zero-order valence-electron chi connectivity index (χ0n) is 17.1. The van der Waals surface area contributed by atoms with Crippen molar-refractivity contribution in [3.05, 3.63) is 99.2 Å². The van der Waals surface area contributed by atoms with Crippen LogP contribution in [0.1, 0.15) is 22.3 Å². The van der Waals surface area contributed by atoms with Crippen LogP contribution < -0.4 is 9.47 Å². The van der Waals surface area contributed by atoms with E-state index in [4.69, 9.17) is 14.2 Å². The Balaban J connectivity index is 1.53. The quantitative estimate of drug-likeness (QED) is 0.338. The van der Waals surface area contributed by atoms with Gasteiger partial charge in [0.05, 0.1) is 7.11 Å². The summed E-state index contributed by atoms with van der Waals surface area (Å²) in [5.41, 5.74) is 3.98. The van der Waals surface area contributed by atoms with E-state index in [2.05, 4.69) is 33.1 Å². The molecule has 0 amide bonds. The molecule has 0 spiro atoms. The van der Waals surface area contributed by atoms with Crippen LogP contribution in [-0.2, 0) is 16.1 Å². The van der Waals surface area contributed by atoms with Gasteiger partial charge in [0.25, 0.3) is 0 Å². The van der Waals surface area contributed by atoms with E-state index < -0.39 is 5.97 Å². The summed E-state index contributed by atoms with van der Waals surface area (Å²) >= 11 is 3.41. The predicted octanol–water partition coefficient (Wildman–Crippen LogP) is 5.69. The van der Waals surface area contributed by atoms with Gasteiger partial charge in [0.15, 0.2) is 17.2 Å². The van der Waals surface area contributed by atoms with Crippen molar-refractivity contribution in [2.75, 3.05) is 7.11 Å². The molecule has 0 N–H and O–H groups in total. The Morgan fingerprint density at radius 3 is 2.58 bits per heavy atom. The number of aryl methyl sites for hydroxylation is 1. The third kappa shape index (κ3) is 5.03. The minimum atomic E-state index is -0.492. The smallest absolute Gasteiger partial charge is 0.363 e. The Hall–Kier alpha value is -3.38. The van der Waals surface area contributed by atoms with Crippen LogP contribution in [0.3, 0.4) is 0 Å². The number of hydrogen-bond donors (Lipinski definition) is 0. The first kappa shape index (κ1) is 20.9. The lowest BCUT2D eigenvalue weighted by Gasteiger charge is -2.11. The zero-order valence-corrected chi connectivity index (χ0v) is 18.7. The summed E-state index contributed by atoms with van der Waals surface area (Å²) in [5.74, 6) is 0.984. The molecule has 0 saturated heterocycles. The molecule has 5 nitrogen and oxygen atoms in total. The molecule has 1 aliphatic rings. The molecule has 3 aromatic carbocycles. The van der Waals surface area contributed by atoms with Gasteiger partial charge in [-0.05, 0) is 54.5 Å². The minimum Gasteiger partial charge on any atom is -0.493 e. The molecule has 1 heterocycles. The average Bonchev–Trinajstić information content (AvgIpc) is 3.14. The fourth-order valence-electron chi connectivity index (χ4n) is 3.05. The summed E-state index contributed by atoms with van der Waals surface area (Å²) in [6.07, 6.45) is 1.67. The summed E-state index contributed by atoms with van der Waals surface area (Å²) < 4.78 is 17.6. The Labute approximate surface area is 189 Å². The Kier molecular flexibility index (Phi) is 6.18. The van der Waals surface area contributed by atoms with Crippen molar-refractivity contribution >= 4 is 33.9 Å². The molecule has 0 saturated carbocycles. The second-order valence-electron chi connectivity index (χ2n) is 7.03. The van der Waals surface area contributed by atoms with Gasteiger partial charge in [-0.15, -0.1) is 0 Å². The first-order valence-corrected chi connectivity index (χ1v) is 10.5. The molecular formula is C25H20BrNO4. The van der Waals surface area contributed by atoms with Crippen LogP contribution in [0.2, 0.25) is 0 Å². The van der Waals surface area contributed by atoms with Crippen molar-refractivity contribution in [2.45, 2.75) is 13.5 Å². The molecule has 156 valence electrons. The molecule has 0 unspecified atom stereocenters. The summed E-state index contributed by atoms with van der Waals surface area (Å²) in [4.78, 5) is 16.6. The maximum absolute atomic E-state index is 12.3. The van der Waals surface area contributed by atoms with Crippen molar-refractivity contribution in [1.29, 1.82) is 0 Å². The van der Waals surface area contributed by atoms with Crippen LogP contribution in [0.15, 0.2) is 81.9 Å². The number of aliphatic imine (C=N–C) groups is 1. The lowest BCUT2D eigenvalue weighted by Crippen LogP contribution is -2.05. The van der Waals surface area contributed by atoms with Crippen LogP contribution in [-0.4, -0.2) is 19.0 Å². The van der Waals surface area contributed by atoms with E-state index in [9.17, 15) is 4.79 Å². The third-order valence-electron chi connectivity index (χ3n) is 4.70. The van der Waals surface area contributed by atoms with E-state index in [-0.39, 0.29) is 11.6 Å². The van der Waals surface area contributed by atoms with Crippen molar-refractivity contribution in [1.82, 2.24) is 0 Å². The molecule has 4 rings (SSSR count). The molecule has 0 radical (unpaired) electrons. The summed E-state index contributed by atoms with van der Waals surface area (Å²) in [6.45, 7) is 2.48. The maximum atomic E-state index is 12.3. The van der Waals surface area contributed by atoms with Gasteiger partial charge in [0.1, 0.15) is 6.61 Å². The second kappa shape index (κ2) is 9.18. The molecule has 0 aliphatic carbocycles. The van der Waals surface area contributed by atoms with Crippen molar-refractivity contribution in [3.63, 3.8) is 0 Å². The molecular weight excluding hydrogens is 458 g/mol. The number of methoxy groups -OCH3 is 1. The highest BCUT2D eigenvalue weighted by molar-refractivity contribution is 9.10. The van der Waals surface area contributed by atoms with E-state index in [0.29, 0.717) is 18.1 Å². The van der Waals surface area contributed by atoms with E-state index in [1.165, 1.54) is 5.56 Å². The SMILES string of the molecule is COc1cc(/C=C2\N=C(c3cccc(Br)c3)OC2=O)ccc1OCc1ccc(C)cc1. The summed E-state index contributed by atoms with van der Waals surface area (Å²) in [5, 5.41) is 0. The average molecular weight is 478 g/mol. The molecule has 0 fully saturated rings. The first-order valence-electron chi connectivity index (χ1n) is 9.67. The van der Waals surface area contributed by atoms with Gasteiger partial charge in [-0.2, -0.15) is 0 Å². The summed E-state index contributed by atoms with van der Waals surface area (Å²) in [7, 11) is 1.58. The molecule has 3 aromatic rings. The maximum Gasteiger partial charge on any atom is 0.363 e. The van der Waals surface area contributed by atoms with Crippen LogP contribution in [0.5, 0.6) is 11.5 Å². The van der Waals surface area contributed by atoms with E-state index in [1.54, 1.807) is 19.3 Å². The first-order chi connectivity index (χ1) is 15.0. The highest BCUT2D eigenvalue weighted by Crippen LogP contribution is 2.30. The number of benzene rings is 3. The number of nitrogens with zero attached hydrogens (tertiary/aromatic N) is 1. The van der Waals surface area contributed by atoms with Gasteiger partial charge in [-0.25, -0.2) is 9.79 Å². The number of esters is 1. The van der Waals surface area contributed by atoms with Gasteiger partial charge in [-0.3, -0.25) is 0 Å². The lowest BCUT2D eigenvalue weighted by molar-refractivity contribution is -0.129. The molecule has 0 atom stereocenters. The van der Waals surface area contributed by atoms with E-state index >= 15 is 0 Å². The normalized spacial score (nSPS) is 14.4. The van der Waals surface area contributed by atoms with Gasteiger partial charge in [0, 0.05) is 10.0 Å². The number of carbonyl (C=O) groups excluding carboxylic acids is 1. The Morgan fingerprint density at radius 2 is 1.84 bits per heavy atom. The van der Waals surface area contributed by atoms with Crippen LogP contribution >= 0.6 is 15.9 Å². The summed E-state index contributed by atoms with van der Waals surface area (Å²) in [6, 6.07) is 21.1. The largest absolute Gasteiger partial charge is 0.493 e. The Morgan fingerprint density at radius 1 is 1.03 bits per heavy atom. The molecule has 0 aromatic heterocycles. The zero-order chi connectivity index (χ0) is 21.8. The fraction of sp³-hybridized carbons (Fsp3) is 0.120. The molecule has 0 bridgehead atoms. The van der Waals surface area contributed by atoms with Crippen molar-refractivity contribution < 1.29 is 19.0 Å². The molecule has 1 aliphatic heterocycles. The predicted molar refractivity (Wildman–Crippen MR) is 123 cm³/mol. The molecule has 31 heavy (non-hydrogen) atoms. The molecule has 6 heteroatoms. The van der Waals surface area contributed by atoms with Crippen molar-refractivity contribution in [3.8, 4) is 11.5 Å². The van der Waals surface area contributed by atoms with Crippen LogP contribution in [0, 0.1) is 6.92 Å². The number of halogens is 1. The standard InChI is InChI=1S/C25H20BrNO4/c1-16-6-8-17(9-7-16)15-30-22-11-10-18(13-23(22)29-2)12-21-25(28)31-24(27-21)19-4-3-5-20(26)14-19/h3-14H,15H2,1-2H3/b21-12-. The second-order valence-corrected chi connectivity index (χ2v) is 7.95. The number of carbonyl (C=O) groups is 1. The van der Waals surface area contributed by atoms with E-state index in [0.717, 1.165) is 21.2 Å². The number of cyclic esters (lactones) is 1. The number of ether oxygens (including phenoxy) is 3. The van der Waals surface area contributed by atoms with Gasteiger partial charge in [-0.1, -0.05) is 57.9 Å². The van der Waals surface area contributed by atoms with E-state index in [1.807, 2.05) is 55.5 Å².